The van der Waals surface area contributed by atoms with Crippen molar-refractivity contribution in [3.8, 4) is 5.75 Å². The average Bonchev–Trinajstić information content (AvgIpc) is 3.07. The van der Waals surface area contributed by atoms with Gasteiger partial charge in [-0.05, 0) is 68.2 Å². The van der Waals surface area contributed by atoms with Crippen LogP contribution in [-0.2, 0) is 18.4 Å². The first-order valence-electron chi connectivity index (χ1n) is 11.7. The number of allylic oxidation sites excluding steroid dienone is 3. The molecule has 0 aliphatic heterocycles. The number of fused-ring (bicyclic) bond motifs is 1. The van der Waals surface area contributed by atoms with Crippen LogP contribution >= 0.6 is 0 Å². The van der Waals surface area contributed by atoms with Gasteiger partial charge in [-0.2, -0.15) is 8.78 Å². The fourth-order valence-corrected chi connectivity index (χ4v) is 4.48. The van der Waals surface area contributed by atoms with Crippen LogP contribution in [0.4, 0.5) is 8.78 Å². The quantitative estimate of drug-likeness (QED) is 0.386. The first kappa shape index (κ1) is 26.0. The summed E-state index contributed by atoms with van der Waals surface area (Å²) in [6, 6.07) is 5.32. The number of benzene rings is 1. The van der Waals surface area contributed by atoms with Gasteiger partial charge in [-0.25, -0.2) is 4.79 Å². The highest BCUT2D eigenvalue weighted by atomic mass is 19.3. The SMILES string of the molecule is C=C/C=C(\C=C/N)NC(=O)C1CCC(Cn2c(=O)n(C)c3ccc(OCCC=C(F)F)cc32)CC1. The molecule has 7 nitrogen and oxygen atoms in total. The Morgan fingerprint density at radius 3 is 2.66 bits per heavy atom. The van der Waals surface area contributed by atoms with E-state index in [9.17, 15) is 18.4 Å². The van der Waals surface area contributed by atoms with Gasteiger partial charge < -0.3 is 15.8 Å². The van der Waals surface area contributed by atoms with E-state index in [2.05, 4.69) is 11.9 Å². The zero-order chi connectivity index (χ0) is 25.4. The molecule has 1 aromatic carbocycles. The predicted octanol–water partition coefficient (Wildman–Crippen LogP) is 4.35. The van der Waals surface area contributed by atoms with Crippen molar-refractivity contribution in [1.29, 1.82) is 0 Å². The van der Waals surface area contributed by atoms with Gasteiger partial charge in [0, 0.05) is 37.7 Å². The largest absolute Gasteiger partial charge is 0.493 e. The highest BCUT2D eigenvalue weighted by molar-refractivity contribution is 5.81. The van der Waals surface area contributed by atoms with E-state index in [-0.39, 0.29) is 36.5 Å². The van der Waals surface area contributed by atoms with Crippen molar-refractivity contribution in [3.05, 3.63) is 77.5 Å². The Bertz CT molecular complexity index is 1200. The number of nitrogens with one attached hydrogen (secondary N) is 1. The molecule has 35 heavy (non-hydrogen) atoms. The second kappa shape index (κ2) is 12.2. The van der Waals surface area contributed by atoms with Crippen LogP contribution in [0.3, 0.4) is 0 Å². The lowest BCUT2D eigenvalue weighted by Crippen LogP contribution is -2.34. The maximum atomic E-state index is 12.9. The Kier molecular flexibility index (Phi) is 9.05. The molecule has 0 saturated heterocycles. The van der Waals surface area contributed by atoms with E-state index < -0.39 is 6.08 Å². The summed E-state index contributed by atoms with van der Waals surface area (Å²) < 4.78 is 33.3. The van der Waals surface area contributed by atoms with Crippen molar-refractivity contribution in [2.75, 3.05) is 6.61 Å². The zero-order valence-corrected chi connectivity index (χ0v) is 19.9. The Balaban J connectivity index is 1.66. The second-order valence-corrected chi connectivity index (χ2v) is 8.66. The fourth-order valence-electron chi connectivity index (χ4n) is 4.48. The van der Waals surface area contributed by atoms with Crippen LogP contribution in [0.1, 0.15) is 32.1 Å². The standard InChI is InChI=1S/C26H32F2N4O3/c1-3-5-20(13-14-29)30-25(33)19-9-7-18(8-10-19)17-32-23-16-21(35-15-4-6-24(27)28)11-12-22(23)31(2)26(32)34/h3,5-6,11-14,16,18-19H,1,4,7-10,15,17,29H2,2H3,(H,30,33)/b14-13-,20-5+. The van der Waals surface area contributed by atoms with E-state index in [1.165, 1.54) is 6.20 Å². The number of nitrogens with zero attached hydrogens (tertiary/aromatic N) is 2. The second-order valence-electron chi connectivity index (χ2n) is 8.66. The van der Waals surface area contributed by atoms with Crippen molar-refractivity contribution in [2.24, 2.45) is 24.6 Å². The molecule has 0 spiro atoms. The monoisotopic (exact) mass is 486 g/mol. The minimum Gasteiger partial charge on any atom is -0.493 e. The molecule has 3 N–H and O–H groups in total. The number of hydrogen-bond donors (Lipinski definition) is 2. The summed E-state index contributed by atoms with van der Waals surface area (Å²) in [4.78, 5) is 25.6. The molecule has 188 valence electrons. The maximum absolute atomic E-state index is 12.9. The molecule has 0 atom stereocenters. The molecular weight excluding hydrogens is 454 g/mol. The topological polar surface area (TPSA) is 91.3 Å². The highest BCUT2D eigenvalue weighted by Crippen LogP contribution is 2.31. The molecule has 1 amide bonds. The normalized spacial score (nSPS) is 18.5. The van der Waals surface area contributed by atoms with Gasteiger partial charge in [0.1, 0.15) is 5.75 Å². The minimum absolute atomic E-state index is 0.0405. The molecule has 1 aliphatic carbocycles. The number of aryl methyl sites for hydroxylation is 1. The lowest BCUT2D eigenvalue weighted by Gasteiger charge is -2.28. The van der Waals surface area contributed by atoms with E-state index in [0.717, 1.165) is 42.8 Å². The summed E-state index contributed by atoms with van der Waals surface area (Å²) in [6.07, 6.45) is 8.57. The molecule has 1 aromatic heterocycles. The average molecular weight is 487 g/mol. The first-order chi connectivity index (χ1) is 16.8. The van der Waals surface area contributed by atoms with Crippen LogP contribution in [0.15, 0.2) is 71.9 Å². The summed E-state index contributed by atoms with van der Waals surface area (Å²) in [6.45, 7) is 4.31. The van der Waals surface area contributed by atoms with E-state index in [1.54, 1.807) is 52.6 Å². The van der Waals surface area contributed by atoms with Gasteiger partial charge in [0.15, 0.2) is 0 Å². The van der Waals surface area contributed by atoms with Crippen molar-refractivity contribution in [3.63, 3.8) is 0 Å². The number of carbonyl (C=O) groups excluding carboxylic acids is 1. The van der Waals surface area contributed by atoms with E-state index in [4.69, 9.17) is 10.5 Å². The number of amides is 1. The number of halogens is 2. The van der Waals surface area contributed by atoms with E-state index in [1.807, 2.05) is 0 Å². The molecular formula is C26H32F2N4O3. The number of imidazole rings is 1. The van der Waals surface area contributed by atoms with Crippen molar-refractivity contribution < 1.29 is 18.3 Å². The van der Waals surface area contributed by atoms with Crippen LogP contribution in [0.2, 0.25) is 0 Å². The van der Waals surface area contributed by atoms with Gasteiger partial charge in [0.2, 0.25) is 5.91 Å². The van der Waals surface area contributed by atoms with Crippen LogP contribution < -0.4 is 21.5 Å². The molecule has 1 fully saturated rings. The van der Waals surface area contributed by atoms with Gasteiger partial charge in [0.25, 0.3) is 6.08 Å². The Morgan fingerprint density at radius 2 is 2.00 bits per heavy atom. The van der Waals surface area contributed by atoms with Crippen LogP contribution in [-0.4, -0.2) is 21.6 Å². The van der Waals surface area contributed by atoms with Gasteiger partial charge in [-0.1, -0.05) is 12.7 Å². The number of rotatable bonds is 10. The first-order valence-corrected chi connectivity index (χ1v) is 11.7. The molecule has 1 aliphatic rings. The fraction of sp³-hybridized carbons (Fsp3) is 0.385. The molecule has 0 unspecified atom stereocenters. The summed E-state index contributed by atoms with van der Waals surface area (Å²) in [5.41, 5.74) is 7.44. The lowest BCUT2D eigenvalue weighted by atomic mass is 9.81. The Hall–Kier alpha value is -3.62. The Morgan fingerprint density at radius 1 is 1.26 bits per heavy atom. The number of nitrogens with two attached hydrogens (primary N) is 1. The summed E-state index contributed by atoms with van der Waals surface area (Å²) in [5, 5.41) is 2.89. The minimum atomic E-state index is -1.73. The molecule has 2 aromatic rings. The third-order valence-corrected chi connectivity index (χ3v) is 6.30. The smallest absolute Gasteiger partial charge is 0.328 e. The van der Waals surface area contributed by atoms with E-state index in [0.29, 0.717) is 18.0 Å². The molecule has 0 radical (unpaired) electrons. The third-order valence-electron chi connectivity index (χ3n) is 6.30. The summed E-state index contributed by atoms with van der Waals surface area (Å²) in [7, 11) is 1.72. The summed E-state index contributed by atoms with van der Waals surface area (Å²) >= 11 is 0. The van der Waals surface area contributed by atoms with Crippen LogP contribution in [0, 0.1) is 11.8 Å². The van der Waals surface area contributed by atoms with Gasteiger partial charge in [-0.15, -0.1) is 0 Å². The molecule has 0 bridgehead atoms. The molecule has 3 rings (SSSR count). The van der Waals surface area contributed by atoms with E-state index >= 15 is 0 Å². The van der Waals surface area contributed by atoms with Gasteiger partial charge in [-0.3, -0.25) is 13.9 Å². The number of carbonyl (C=O) groups is 1. The number of aromatic nitrogens is 2. The van der Waals surface area contributed by atoms with Gasteiger partial charge >= 0.3 is 5.69 Å². The predicted molar refractivity (Wildman–Crippen MR) is 133 cm³/mol. The van der Waals surface area contributed by atoms with Crippen molar-refractivity contribution >= 4 is 16.9 Å². The highest BCUT2D eigenvalue weighted by Gasteiger charge is 2.27. The lowest BCUT2D eigenvalue weighted by molar-refractivity contribution is -0.125. The van der Waals surface area contributed by atoms with Crippen molar-refractivity contribution in [1.82, 2.24) is 14.5 Å². The number of hydrogen-bond acceptors (Lipinski definition) is 4. The zero-order valence-electron chi connectivity index (χ0n) is 19.9. The molecule has 1 saturated carbocycles. The molecule has 9 heteroatoms. The van der Waals surface area contributed by atoms with Crippen molar-refractivity contribution in [2.45, 2.75) is 38.6 Å². The maximum Gasteiger partial charge on any atom is 0.328 e. The molecule has 1 heterocycles. The van der Waals surface area contributed by atoms with Gasteiger partial charge in [0.05, 0.1) is 17.6 Å². The van der Waals surface area contributed by atoms with Crippen LogP contribution in [0.5, 0.6) is 5.75 Å². The van der Waals surface area contributed by atoms with Crippen LogP contribution in [0.25, 0.3) is 11.0 Å². The third kappa shape index (κ3) is 6.71. The number of ether oxygens (including phenoxy) is 1. The Labute approximate surface area is 203 Å². The summed E-state index contributed by atoms with van der Waals surface area (Å²) in [5.74, 6) is 0.649.